The van der Waals surface area contributed by atoms with E-state index >= 15 is 0 Å². The molecule has 35 heavy (non-hydrogen) atoms. The van der Waals surface area contributed by atoms with E-state index in [1.165, 1.54) is 5.56 Å². The van der Waals surface area contributed by atoms with Crippen LogP contribution < -0.4 is 9.47 Å². The van der Waals surface area contributed by atoms with Crippen LogP contribution in [0.1, 0.15) is 47.4 Å². The molecule has 0 aliphatic heterocycles. The zero-order valence-electron chi connectivity index (χ0n) is 19.6. The zero-order valence-corrected chi connectivity index (χ0v) is 19.6. The summed E-state index contributed by atoms with van der Waals surface area (Å²) in [5.74, 6) is 0.735. The van der Waals surface area contributed by atoms with E-state index in [0.717, 1.165) is 76.1 Å². The first-order valence-corrected chi connectivity index (χ1v) is 11.8. The fourth-order valence-corrected chi connectivity index (χ4v) is 5.66. The Bertz CT molecular complexity index is 1410. The molecule has 0 spiro atoms. The van der Waals surface area contributed by atoms with Crippen LogP contribution in [0.15, 0.2) is 54.6 Å². The molecule has 0 heterocycles. The first kappa shape index (κ1) is 23.5. The van der Waals surface area contributed by atoms with Crippen molar-refractivity contribution in [3.05, 3.63) is 82.7 Å². The Morgan fingerprint density at radius 1 is 0.886 bits per heavy atom. The van der Waals surface area contributed by atoms with Crippen molar-refractivity contribution < 1.29 is 27.0 Å². The molecule has 6 heteroatoms. The highest BCUT2D eigenvalue weighted by atomic mass is 19.4. The summed E-state index contributed by atoms with van der Waals surface area (Å²) in [7, 11) is 3.27. The van der Waals surface area contributed by atoms with Gasteiger partial charge in [0.15, 0.2) is 0 Å². The molecule has 1 aliphatic rings. The smallest absolute Gasteiger partial charge is 0.416 e. The number of hydrogen-bond acceptors (Lipinski definition) is 2. The minimum atomic E-state index is -4.57. The molecule has 2 nitrogen and oxygen atoms in total. The maximum Gasteiger partial charge on any atom is 0.416 e. The van der Waals surface area contributed by atoms with E-state index in [2.05, 4.69) is 12.1 Å². The van der Waals surface area contributed by atoms with Crippen molar-refractivity contribution in [2.45, 2.75) is 44.2 Å². The third-order valence-electron chi connectivity index (χ3n) is 7.26. The van der Waals surface area contributed by atoms with Crippen LogP contribution >= 0.6 is 0 Å². The lowest BCUT2D eigenvalue weighted by Crippen LogP contribution is -2.14. The quantitative estimate of drug-likeness (QED) is 0.211. The van der Waals surface area contributed by atoms with Gasteiger partial charge in [0.1, 0.15) is 17.3 Å². The molecule has 0 saturated carbocycles. The molecule has 4 aromatic carbocycles. The largest absolute Gasteiger partial charge is 0.496 e. The summed E-state index contributed by atoms with van der Waals surface area (Å²) in [6.45, 7) is 0. The van der Waals surface area contributed by atoms with Crippen LogP contribution in [-0.2, 0) is 19.0 Å². The van der Waals surface area contributed by atoms with Crippen LogP contribution in [0.25, 0.3) is 21.5 Å². The van der Waals surface area contributed by atoms with Gasteiger partial charge in [-0.05, 0) is 89.6 Å². The van der Waals surface area contributed by atoms with Crippen LogP contribution in [0.2, 0.25) is 0 Å². The third-order valence-corrected chi connectivity index (χ3v) is 7.26. The normalized spacial score (nSPS) is 15.9. The maximum atomic E-state index is 14.4. The first-order valence-electron chi connectivity index (χ1n) is 11.8. The lowest BCUT2D eigenvalue weighted by molar-refractivity contribution is -0.138. The van der Waals surface area contributed by atoms with E-state index in [4.69, 9.17) is 9.47 Å². The highest BCUT2D eigenvalue weighted by Crippen LogP contribution is 2.45. The Morgan fingerprint density at radius 3 is 2.40 bits per heavy atom. The van der Waals surface area contributed by atoms with E-state index in [1.54, 1.807) is 14.2 Å². The number of halogens is 4. The van der Waals surface area contributed by atoms with E-state index in [9.17, 15) is 17.6 Å². The topological polar surface area (TPSA) is 18.5 Å². The Kier molecular flexibility index (Phi) is 6.07. The molecule has 0 amide bonds. The molecule has 1 aliphatic carbocycles. The zero-order chi connectivity index (χ0) is 24.7. The van der Waals surface area contributed by atoms with Crippen molar-refractivity contribution in [3.63, 3.8) is 0 Å². The molecule has 182 valence electrons. The minimum Gasteiger partial charge on any atom is -0.496 e. The summed E-state index contributed by atoms with van der Waals surface area (Å²) >= 11 is 0. The molecule has 0 fully saturated rings. The average molecular weight is 483 g/mol. The predicted molar refractivity (Wildman–Crippen MR) is 130 cm³/mol. The summed E-state index contributed by atoms with van der Waals surface area (Å²) < 4.78 is 66.1. The predicted octanol–water partition coefficient (Wildman–Crippen LogP) is 8.22. The fraction of sp³-hybridized carbons (Fsp3) is 0.310. The average Bonchev–Trinajstić information content (AvgIpc) is 2.86. The van der Waals surface area contributed by atoms with Crippen LogP contribution in [0.5, 0.6) is 11.5 Å². The van der Waals surface area contributed by atoms with Crippen molar-refractivity contribution in [2.75, 3.05) is 14.2 Å². The standard InChI is InChI=1S/C29H26F4O2/c1-34-26-11-4-8-21-20-15-14-18-17(6-3-7-19(18)23(20)16-27(35-2)28(21)26)12-13-22-24(29(31,32)33)9-5-10-25(22)30/h4-5,8-11,14-17H,3,6-7,12-13H2,1-2H3/t17-/m0/s1. The number of ether oxygens (including phenoxy) is 2. The van der Waals surface area contributed by atoms with Gasteiger partial charge < -0.3 is 9.47 Å². The van der Waals surface area contributed by atoms with E-state index in [1.807, 2.05) is 24.3 Å². The van der Waals surface area contributed by atoms with Gasteiger partial charge in [0.05, 0.1) is 25.2 Å². The Balaban J connectivity index is 1.57. The molecule has 0 saturated heterocycles. The molecule has 0 unspecified atom stereocenters. The monoisotopic (exact) mass is 482 g/mol. The molecule has 0 aromatic heterocycles. The van der Waals surface area contributed by atoms with Gasteiger partial charge in [-0.15, -0.1) is 0 Å². The number of aryl methyl sites for hydroxylation is 1. The second-order valence-electron chi connectivity index (χ2n) is 9.08. The van der Waals surface area contributed by atoms with Gasteiger partial charge in [0.25, 0.3) is 0 Å². The molecular weight excluding hydrogens is 456 g/mol. The van der Waals surface area contributed by atoms with E-state index in [-0.39, 0.29) is 17.9 Å². The van der Waals surface area contributed by atoms with Gasteiger partial charge in [-0.2, -0.15) is 13.2 Å². The first-order chi connectivity index (χ1) is 16.8. The van der Waals surface area contributed by atoms with Gasteiger partial charge in [-0.25, -0.2) is 4.39 Å². The van der Waals surface area contributed by atoms with Gasteiger partial charge in [-0.3, -0.25) is 0 Å². The summed E-state index contributed by atoms with van der Waals surface area (Å²) in [5, 5.41) is 4.13. The molecule has 0 N–H and O–H groups in total. The van der Waals surface area contributed by atoms with E-state index < -0.39 is 17.6 Å². The second-order valence-corrected chi connectivity index (χ2v) is 9.08. The fourth-order valence-electron chi connectivity index (χ4n) is 5.66. The number of rotatable bonds is 5. The molecule has 1 atom stereocenters. The SMILES string of the molecule is COc1cccc2c1c(OC)cc1c3c(ccc12)[C@H](CCc1c(F)cccc1C(F)(F)F)CCC3. The van der Waals surface area contributed by atoms with Crippen LogP contribution in [0, 0.1) is 5.82 Å². The summed E-state index contributed by atoms with van der Waals surface area (Å²) in [6.07, 6.45) is -1.39. The summed E-state index contributed by atoms with van der Waals surface area (Å²) in [6, 6.07) is 15.3. The Labute approximate surface area is 201 Å². The number of fused-ring (bicyclic) bond motifs is 5. The molecule has 0 bridgehead atoms. The van der Waals surface area contributed by atoms with Crippen molar-refractivity contribution in [1.82, 2.24) is 0 Å². The number of hydrogen-bond donors (Lipinski definition) is 0. The van der Waals surface area contributed by atoms with Gasteiger partial charge in [0.2, 0.25) is 0 Å². The number of benzene rings is 4. The van der Waals surface area contributed by atoms with Crippen molar-refractivity contribution in [3.8, 4) is 11.5 Å². The Morgan fingerprint density at radius 2 is 1.66 bits per heavy atom. The van der Waals surface area contributed by atoms with Crippen LogP contribution in [0.4, 0.5) is 17.6 Å². The number of methoxy groups -OCH3 is 2. The highest BCUT2D eigenvalue weighted by Gasteiger charge is 2.34. The minimum absolute atomic E-state index is 0.0436. The third kappa shape index (κ3) is 4.09. The maximum absolute atomic E-state index is 14.4. The van der Waals surface area contributed by atoms with Crippen molar-refractivity contribution in [1.29, 1.82) is 0 Å². The molecule has 4 aromatic rings. The highest BCUT2D eigenvalue weighted by molar-refractivity contribution is 6.13. The van der Waals surface area contributed by atoms with Crippen LogP contribution in [-0.4, -0.2) is 14.2 Å². The van der Waals surface area contributed by atoms with E-state index in [0.29, 0.717) is 6.42 Å². The second kappa shape index (κ2) is 9.06. The van der Waals surface area contributed by atoms with Gasteiger partial charge >= 0.3 is 6.18 Å². The molecular formula is C29H26F4O2. The number of alkyl halides is 3. The van der Waals surface area contributed by atoms with Crippen molar-refractivity contribution in [2.24, 2.45) is 0 Å². The summed E-state index contributed by atoms with van der Waals surface area (Å²) in [4.78, 5) is 0. The lowest BCUT2D eigenvalue weighted by Gasteiger charge is -2.28. The Hall–Kier alpha value is -3.28. The lowest BCUT2D eigenvalue weighted by atomic mass is 9.77. The summed E-state index contributed by atoms with van der Waals surface area (Å²) in [5.41, 5.74) is 1.22. The van der Waals surface area contributed by atoms with Crippen LogP contribution in [0.3, 0.4) is 0 Å². The van der Waals surface area contributed by atoms with Gasteiger partial charge in [-0.1, -0.05) is 30.3 Å². The molecule has 5 rings (SSSR count). The molecule has 0 radical (unpaired) electrons. The van der Waals surface area contributed by atoms with Crippen molar-refractivity contribution >= 4 is 21.5 Å². The van der Waals surface area contributed by atoms with Gasteiger partial charge in [0, 0.05) is 5.56 Å².